The highest BCUT2D eigenvalue weighted by Gasteiger charge is 2.36. The Kier molecular flexibility index (Phi) is 4.56. The monoisotopic (exact) mass is 259 g/mol. The second-order valence-corrected chi connectivity index (χ2v) is 3.64. The molecule has 1 unspecified atom stereocenters. The summed E-state index contributed by atoms with van der Waals surface area (Å²) in [5.41, 5.74) is 0.840. The van der Waals surface area contributed by atoms with Crippen LogP contribution in [-0.4, -0.2) is 19.4 Å². The van der Waals surface area contributed by atoms with Crippen molar-refractivity contribution < 1.29 is 22.6 Å². The highest BCUT2D eigenvalue weighted by atomic mass is 19.4. The largest absolute Gasteiger partial charge is 0.495 e. The van der Waals surface area contributed by atoms with E-state index < -0.39 is 12.3 Å². The number of benzene rings is 1. The molecule has 1 aromatic rings. The number of hydrogen-bond donors (Lipinski definition) is 0. The van der Waals surface area contributed by atoms with E-state index in [-0.39, 0.29) is 6.61 Å². The Morgan fingerprint density at radius 2 is 2.06 bits per heavy atom. The van der Waals surface area contributed by atoms with Crippen LogP contribution in [0.4, 0.5) is 13.2 Å². The summed E-state index contributed by atoms with van der Waals surface area (Å²) in [6.45, 7) is 0.754. The summed E-state index contributed by atoms with van der Waals surface area (Å²) in [5, 5.41) is 8.76. The van der Waals surface area contributed by atoms with E-state index in [2.05, 4.69) is 0 Å². The van der Waals surface area contributed by atoms with E-state index in [9.17, 15) is 13.2 Å². The van der Waals surface area contributed by atoms with Crippen molar-refractivity contribution in [2.75, 3.05) is 7.11 Å². The molecule has 0 radical (unpaired) electrons. The fourth-order valence-corrected chi connectivity index (χ4v) is 1.23. The molecule has 98 valence electrons. The van der Waals surface area contributed by atoms with Gasteiger partial charge in [-0.15, -0.1) is 0 Å². The predicted octanol–water partition coefficient (Wildman–Crippen LogP) is 3.03. The van der Waals surface area contributed by atoms with Gasteiger partial charge in [-0.25, -0.2) is 0 Å². The molecule has 0 saturated carbocycles. The SMILES string of the molecule is COc1cc(COC(C)C(F)(F)F)ccc1C#N. The van der Waals surface area contributed by atoms with Crippen LogP contribution in [0.1, 0.15) is 18.1 Å². The second kappa shape index (κ2) is 5.74. The first-order valence-electron chi connectivity index (χ1n) is 5.13. The molecular formula is C12H12F3NO2. The Morgan fingerprint density at radius 3 is 2.56 bits per heavy atom. The van der Waals surface area contributed by atoms with Crippen LogP contribution in [0.2, 0.25) is 0 Å². The van der Waals surface area contributed by atoms with Crippen molar-refractivity contribution in [1.82, 2.24) is 0 Å². The molecule has 0 bridgehead atoms. The number of ether oxygens (including phenoxy) is 2. The van der Waals surface area contributed by atoms with Crippen molar-refractivity contribution in [2.24, 2.45) is 0 Å². The van der Waals surface area contributed by atoms with Crippen molar-refractivity contribution in [3.8, 4) is 11.8 Å². The van der Waals surface area contributed by atoms with Gasteiger partial charge in [-0.1, -0.05) is 6.07 Å². The quantitative estimate of drug-likeness (QED) is 0.834. The van der Waals surface area contributed by atoms with Gasteiger partial charge in [-0.3, -0.25) is 0 Å². The zero-order chi connectivity index (χ0) is 13.8. The van der Waals surface area contributed by atoms with Gasteiger partial charge < -0.3 is 9.47 Å². The molecular weight excluding hydrogens is 247 g/mol. The maximum absolute atomic E-state index is 12.2. The molecule has 1 rings (SSSR count). The Bertz CT molecular complexity index is 452. The lowest BCUT2D eigenvalue weighted by atomic mass is 10.1. The van der Waals surface area contributed by atoms with E-state index in [1.54, 1.807) is 0 Å². The van der Waals surface area contributed by atoms with Crippen LogP contribution in [0.5, 0.6) is 5.75 Å². The van der Waals surface area contributed by atoms with Gasteiger partial charge in [-0.05, 0) is 24.6 Å². The smallest absolute Gasteiger partial charge is 0.414 e. The lowest BCUT2D eigenvalue weighted by Crippen LogP contribution is -2.28. The number of hydrogen-bond acceptors (Lipinski definition) is 3. The van der Waals surface area contributed by atoms with Gasteiger partial charge in [0.2, 0.25) is 0 Å². The predicted molar refractivity (Wildman–Crippen MR) is 58.0 cm³/mol. The third-order valence-corrected chi connectivity index (χ3v) is 2.35. The van der Waals surface area contributed by atoms with Crippen LogP contribution < -0.4 is 4.74 Å². The summed E-state index contributed by atoms with van der Waals surface area (Å²) in [4.78, 5) is 0. The molecule has 0 amide bonds. The molecule has 0 aromatic heterocycles. The van der Waals surface area contributed by atoms with Crippen molar-refractivity contribution in [2.45, 2.75) is 25.8 Å². The number of alkyl halides is 3. The summed E-state index contributed by atoms with van der Waals surface area (Å²) in [6, 6.07) is 6.42. The average Bonchev–Trinajstić information content (AvgIpc) is 2.34. The number of methoxy groups -OCH3 is 1. The number of nitrogens with zero attached hydrogens (tertiary/aromatic N) is 1. The van der Waals surface area contributed by atoms with Gasteiger partial charge >= 0.3 is 6.18 Å². The third-order valence-electron chi connectivity index (χ3n) is 2.35. The normalized spacial score (nSPS) is 12.9. The van der Waals surface area contributed by atoms with Crippen LogP contribution in [0.15, 0.2) is 18.2 Å². The molecule has 3 nitrogen and oxygen atoms in total. The number of halogens is 3. The zero-order valence-electron chi connectivity index (χ0n) is 9.91. The highest BCUT2D eigenvalue weighted by molar-refractivity contribution is 5.45. The van der Waals surface area contributed by atoms with Crippen LogP contribution in [0.3, 0.4) is 0 Å². The molecule has 18 heavy (non-hydrogen) atoms. The average molecular weight is 259 g/mol. The fraction of sp³-hybridized carbons (Fsp3) is 0.417. The lowest BCUT2D eigenvalue weighted by Gasteiger charge is -2.16. The Balaban J connectivity index is 2.73. The van der Waals surface area contributed by atoms with Crippen molar-refractivity contribution in [3.63, 3.8) is 0 Å². The summed E-state index contributed by atoms with van der Waals surface area (Å²) in [5.74, 6) is 0.318. The topological polar surface area (TPSA) is 42.2 Å². The number of rotatable bonds is 4. The van der Waals surface area contributed by atoms with Crippen molar-refractivity contribution in [1.29, 1.82) is 5.26 Å². The van der Waals surface area contributed by atoms with E-state index in [1.165, 1.54) is 25.3 Å². The Morgan fingerprint density at radius 1 is 1.39 bits per heavy atom. The van der Waals surface area contributed by atoms with E-state index in [4.69, 9.17) is 14.7 Å². The second-order valence-electron chi connectivity index (χ2n) is 3.64. The first-order chi connectivity index (χ1) is 8.38. The van der Waals surface area contributed by atoms with Gasteiger partial charge in [0.25, 0.3) is 0 Å². The van der Waals surface area contributed by atoms with Gasteiger partial charge in [0.05, 0.1) is 19.3 Å². The minimum absolute atomic E-state index is 0.192. The van der Waals surface area contributed by atoms with Gasteiger partial charge in [0, 0.05) is 0 Å². The molecule has 0 N–H and O–H groups in total. The molecule has 0 aliphatic heterocycles. The molecule has 1 aromatic carbocycles. The van der Waals surface area contributed by atoms with Crippen LogP contribution in [-0.2, 0) is 11.3 Å². The van der Waals surface area contributed by atoms with Crippen LogP contribution in [0.25, 0.3) is 0 Å². The lowest BCUT2D eigenvalue weighted by molar-refractivity contribution is -0.217. The molecule has 0 aliphatic rings. The summed E-state index contributed by atoms with van der Waals surface area (Å²) in [7, 11) is 1.39. The van der Waals surface area contributed by atoms with E-state index in [1.807, 2.05) is 6.07 Å². The first-order valence-corrected chi connectivity index (χ1v) is 5.13. The molecule has 0 spiro atoms. The Hall–Kier alpha value is -1.74. The van der Waals surface area contributed by atoms with Crippen LogP contribution >= 0.6 is 0 Å². The minimum Gasteiger partial charge on any atom is -0.495 e. The summed E-state index contributed by atoms with van der Waals surface area (Å²) in [6.07, 6.45) is -6.21. The maximum Gasteiger partial charge on any atom is 0.414 e. The summed E-state index contributed by atoms with van der Waals surface area (Å²) >= 11 is 0. The van der Waals surface area contributed by atoms with Crippen LogP contribution in [0, 0.1) is 11.3 Å². The molecule has 0 aliphatic carbocycles. The Labute approximate surface area is 103 Å². The maximum atomic E-state index is 12.2. The van der Waals surface area contributed by atoms with Gasteiger partial charge in [0.15, 0.2) is 6.10 Å². The van der Waals surface area contributed by atoms with E-state index in [0.29, 0.717) is 16.9 Å². The van der Waals surface area contributed by atoms with E-state index in [0.717, 1.165) is 6.92 Å². The van der Waals surface area contributed by atoms with Gasteiger partial charge in [0.1, 0.15) is 11.8 Å². The molecule has 1 atom stereocenters. The molecule has 0 fully saturated rings. The fourth-order valence-electron chi connectivity index (χ4n) is 1.23. The first kappa shape index (κ1) is 14.3. The van der Waals surface area contributed by atoms with Gasteiger partial charge in [-0.2, -0.15) is 18.4 Å². The highest BCUT2D eigenvalue weighted by Crippen LogP contribution is 2.24. The standard InChI is InChI=1S/C12H12F3NO2/c1-8(12(13,14)15)18-7-9-3-4-10(6-16)11(5-9)17-2/h3-5,8H,7H2,1-2H3. The molecule has 6 heteroatoms. The van der Waals surface area contributed by atoms with Crippen molar-refractivity contribution in [3.05, 3.63) is 29.3 Å². The van der Waals surface area contributed by atoms with Crippen molar-refractivity contribution >= 4 is 0 Å². The molecule has 0 heterocycles. The number of nitriles is 1. The zero-order valence-corrected chi connectivity index (χ0v) is 9.91. The summed E-state index contributed by atoms with van der Waals surface area (Å²) < 4.78 is 46.3. The molecule has 0 saturated heterocycles. The minimum atomic E-state index is -4.38. The third kappa shape index (κ3) is 3.64. The van der Waals surface area contributed by atoms with E-state index >= 15 is 0 Å².